The third-order valence-electron chi connectivity index (χ3n) is 2.01. The molecule has 8 heteroatoms. The lowest BCUT2D eigenvalue weighted by atomic mass is 10.3. The first-order valence-corrected chi connectivity index (χ1v) is 5.92. The van der Waals surface area contributed by atoms with Crippen LogP contribution in [-0.4, -0.2) is 15.8 Å². The molecule has 0 spiro atoms. The molecule has 6 nitrogen and oxygen atoms in total. The maximum absolute atomic E-state index is 11.8. The second-order valence-electron chi connectivity index (χ2n) is 3.22. The SMILES string of the molecule is O=C(Nc1cccnc1)c1cc([N+](=O)[O-])c(Cl)s1. The van der Waals surface area contributed by atoms with Gasteiger partial charge in [0.05, 0.1) is 16.8 Å². The fourth-order valence-electron chi connectivity index (χ4n) is 1.22. The first-order valence-electron chi connectivity index (χ1n) is 4.73. The van der Waals surface area contributed by atoms with Crippen LogP contribution in [0, 0.1) is 10.1 Å². The number of hydrogen-bond donors (Lipinski definition) is 1. The Morgan fingerprint density at radius 3 is 2.89 bits per heavy atom. The highest BCUT2D eigenvalue weighted by molar-refractivity contribution is 7.18. The summed E-state index contributed by atoms with van der Waals surface area (Å²) in [5.74, 6) is -0.456. The van der Waals surface area contributed by atoms with E-state index in [9.17, 15) is 14.9 Å². The largest absolute Gasteiger partial charge is 0.320 e. The predicted molar refractivity (Wildman–Crippen MR) is 68.2 cm³/mol. The van der Waals surface area contributed by atoms with Crippen molar-refractivity contribution in [1.29, 1.82) is 0 Å². The molecular formula is C10H6ClN3O3S. The number of carbonyl (C=O) groups excluding carboxylic acids is 1. The van der Waals surface area contributed by atoms with Crippen LogP contribution < -0.4 is 5.32 Å². The molecule has 0 fully saturated rings. The maximum atomic E-state index is 11.8. The van der Waals surface area contributed by atoms with Crippen molar-refractivity contribution < 1.29 is 9.72 Å². The summed E-state index contributed by atoms with van der Waals surface area (Å²) in [6, 6.07) is 4.48. The number of halogens is 1. The van der Waals surface area contributed by atoms with Crippen molar-refractivity contribution in [2.24, 2.45) is 0 Å². The van der Waals surface area contributed by atoms with Gasteiger partial charge in [-0.15, -0.1) is 11.3 Å². The molecule has 0 saturated carbocycles. The topological polar surface area (TPSA) is 85.1 Å². The molecule has 92 valence electrons. The monoisotopic (exact) mass is 283 g/mol. The number of hydrogen-bond acceptors (Lipinski definition) is 5. The standard InChI is InChI=1S/C10H6ClN3O3S/c11-9-7(14(16)17)4-8(18-9)10(15)13-6-2-1-3-12-5-6/h1-5H,(H,13,15). The van der Waals surface area contributed by atoms with E-state index in [1.54, 1.807) is 18.3 Å². The van der Waals surface area contributed by atoms with Gasteiger partial charge in [-0.3, -0.25) is 19.9 Å². The lowest BCUT2D eigenvalue weighted by molar-refractivity contribution is -0.384. The summed E-state index contributed by atoms with van der Waals surface area (Å²) >= 11 is 6.53. The molecule has 0 aliphatic carbocycles. The zero-order chi connectivity index (χ0) is 13.1. The Balaban J connectivity index is 2.20. The predicted octanol–water partition coefficient (Wildman–Crippen LogP) is 2.96. The summed E-state index contributed by atoms with van der Waals surface area (Å²) < 4.78 is -0.0173. The van der Waals surface area contributed by atoms with Gasteiger partial charge in [-0.25, -0.2) is 0 Å². The zero-order valence-electron chi connectivity index (χ0n) is 8.79. The van der Waals surface area contributed by atoms with Gasteiger partial charge in [0, 0.05) is 12.3 Å². The number of amides is 1. The minimum Gasteiger partial charge on any atom is -0.320 e. The van der Waals surface area contributed by atoms with Crippen molar-refractivity contribution >= 4 is 40.2 Å². The first-order chi connectivity index (χ1) is 8.58. The molecule has 0 saturated heterocycles. The molecule has 0 aliphatic rings. The number of nitrogens with zero attached hydrogens (tertiary/aromatic N) is 2. The van der Waals surface area contributed by atoms with E-state index in [-0.39, 0.29) is 14.9 Å². The highest BCUT2D eigenvalue weighted by atomic mass is 35.5. The fourth-order valence-corrected chi connectivity index (χ4v) is 2.34. The van der Waals surface area contributed by atoms with Crippen molar-refractivity contribution in [3.8, 4) is 0 Å². The van der Waals surface area contributed by atoms with Crippen LogP contribution in [0.25, 0.3) is 0 Å². The van der Waals surface area contributed by atoms with E-state index in [1.807, 2.05) is 0 Å². The number of anilines is 1. The maximum Gasteiger partial charge on any atom is 0.299 e. The fraction of sp³-hybridized carbons (Fsp3) is 0. The Morgan fingerprint density at radius 1 is 1.56 bits per heavy atom. The Hall–Kier alpha value is -1.99. The minimum absolute atomic E-state index is 0.0173. The molecule has 0 atom stereocenters. The van der Waals surface area contributed by atoms with Gasteiger partial charge in [-0.1, -0.05) is 11.6 Å². The Bertz CT molecular complexity index is 600. The Kier molecular flexibility index (Phi) is 3.54. The molecule has 2 aromatic rings. The highest BCUT2D eigenvalue weighted by Crippen LogP contribution is 2.33. The molecule has 0 bridgehead atoms. The molecule has 0 aliphatic heterocycles. The average Bonchev–Trinajstić information content (AvgIpc) is 2.73. The van der Waals surface area contributed by atoms with Gasteiger partial charge in [-0.2, -0.15) is 0 Å². The molecule has 2 rings (SSSR count). The van der Waals surface area contributed by atoms with E-state index < -0.39 is 10.8 Å². The highest BCUT2D eigenvalue weighted by Gasteiger charge is 2.21. The third kappa shape index (κ3) is 2.63. The molecule has 1 amide bonds. The molecule has 2 heterocycles. The van der Waals surface area contributed by atoms with Gasteiger partial charge in [0.15, 0.2) is 4.34 Å². The number of nitro groups is 1. The molecule has 0 radical (unpaired) electrons. The van der Waals surface area contributed by atoms with Gasteiger partial charge in [0.25, 0.3) is 11.6 Å². The summed E-state index contributed by atoms with van der Waals surface area (Å²) in [6.07, 6.45) is 3.05. The normalized spacial score (nSPS) is 10.1. The molecular weight excluding hydrogens is 278 g/mol. The lowest BCUT2D eigenvalue weighted by Gasteiger charge is -2.01. The van der Waals surface area contributed by atoms with Gasteiger partial charge >= 0.3 is 0 Å². The smallest absolute Gasteiger partial charge is 0.299 e. The van der Waals surface area contributed by atoms with Crippen LogP contribution in [0.5, 0.6) is 0 Å². The molecule has 1 N–H and O–H groups in total. The van der Waals surface area contributed by atoms with E-state index in [4.69, 9.17) is 11.6 Å². The summed E-state index contributed by atoms with van der Waals surface area (Å²) in [7, 11) is 0. The van der Waals surface area contributed by atoms with Crippen LogP contribution in [-0.2, 0) is 0 Å². The number of carbonyl (C=O) groups is 1. The second-order valence-corrected chi connectivity index (χ2v) is 4.88. The molecule has 0 aromatic carbocycles. The van der Waals surface area contributed by atoms with Crippen LogP contribution in [0.3, 0.4) is 0 Å². The van der Waals surface area contributed by atoms with E-state index >= 15 is 0 Å². The van der Waals surface area contributed by atoms with Crippen LogP contribution in [0.1, 0.15) is 9.67 Å². The van der Waals surface area contributed by atoms with Gasteiger partial charge in [-0.05, 0) is 12.1 Å². The number of pyridine rings is 1. The van der Waals surface area contributed by atoms with Crippen LogP contribution in [0.4, 0.5) is 11.4 Å². The van der Waals surface area contributed by atoms with Crippen molar-refractivity contribution in [2.45, 2.75) is 0 Å². The van der Waals surface area contributed by atoms with E-state index in [2.05, 4.69) is 10.3 Å². The van der Waals surface area contributed by atoms with E-state index in [0.717, 1.165) is 17.4 Å². The molecule has 0 unspecified atom stereocenters. The van der Waals surface area contributed by atoms with Crippen molar-refractivity contribution in [2.75, 3.05) is 5.32 Å². The summed E-state index contributed by atoms with van der Waals surface area (Å²) in [4.78, 5) is 25.8. The van der Waals surface area contributed by atoms with E-state index in [0.29, 0.717) is 5.69 Å². The number of nitrogens with one attached hydrogen (secondary N) is 1. The quantitative estimate of drug-likeness (QED) is 0.693. The first kappa shape index (κ1) is 12.5. The van der Waals surface area contributed by atoms with Crippen LogP contribution in [0.2, 0.25) is 4.34 Å². The zero-order valence-corrected chi connectivity index (χ0v) is 10.4. The Labute approximate surface area is 110 Å². The summed E-state index contributed by atoms with van der Waals surface area (Å²) in [6.45, 7) is 0. The Morgan fingerprint density at radius 2 is 2.33 bits per heavy atom. The lowest BCUT2D eigenvalue weighted by Crippen LogP contribution is -2.10. The summed E-state index contributed by atoms with van der Waals surface area (Å²) in [5.41, 5.74) is 0.243. The minimum atomic E-state index is -0.625. The van der Waals surface area contributed by atoms with Crippen molar-refractivity contribution in [3.05, 3.63) is 49.9 Å². The van der Waals surface area contributed by atoms with E-state index in [1.165, 1.54) is 6.20 Å². The molecule has 2 aromatic heterocycles. The average molecular weight is 284 g/mol. The number of thiophene rings is 1. The van der Waals surface area contributed by atoms with Gasteiger partial charge < -0.3 is 5.32 Å². The number of aromatic nitrogens is 1. The molecule has 18 heavy (non-hydrogen) atoms. The van der Waals surface area contributed by atoms with Gasteiger partial charge in [0.2, 0.25) is 0 Å². The van der Waals surface area contributed by atoms with Crippen LogP contribution >= 0.6 is 22.9 Å². The van der Waals surface area contributed by atoms with Crippen LogP contribution in [0.15, 0.2) is 30.6 Å². The number of rotatable bonds is 3. The summed E-state index contributed by atoms with van der Waals surface area (Å²) in [5, 5.41) is 13.2. The van der Waals surface area contributed by atoms with Crippen molar-refractivity contribution in [3.63, 3.8) is 0 Å². The van der Waals surface area contributed by atoms with Crippen molar-refractivity contribution in [1.82, 2.24) is 4.98 Å². The second kappa shape index (κ2) is 5.11. The third-order valence-corrected chi connectivity index (χ3v) is 3.35. The van der Waals surface area contributed by atoms with Gasteiger partial charge in [0.1, 0.15) is 4.88 Å².